The molecule has 7 heteroatoms. The Morgan fingerprint density at radius 3 is 2.70 bits per heavy atom. The standard InChI is InChI=1S/C13H14N2O3S2/c1-9(12-6-3-7-18-12)15-20(16,17)11-5-2-4-10(8-11)13(14)19/h2-9,15H,1H3,(H2,14,19). The predicted molar refractivity (Wildman–Crippen MR) is 79.8 cm³/mol. The molecule has 0 amide bonds. The maximum Gasteiger partial charge on any atom is 0.241 e. The van der Waals surface area contributed by atoms with Gasteiger partial charge in [-0.25, -0.2) is 13.1 Å². The molecule has 0 radical (unpaired) electrons. The molecule has 1 aromatic heterocycles. The smallest absolute Gasteiger partial charge is 0.241 e. The summed E-state index contributed by atoms with van der Waals surface area (Å²) >= 11 is 4.84. The lowest BCUT2D eigenvalue weighted by Gasteiger charge is -2.12. The Morgan fingerprint density at radius 2 is 2.10 bits per heavy atom. The minimum absolute atomic E-state index is 0.112. The highest BCUT2D eigenvalue weighted by atomic mass is 32.2. The molecule has 3 N–H and O–H groups in total. The zero-order valence-electron chi connectivity index (χ0n) is 10.7. The monoisotopic (exact) mass is 310 g/mol. The number of hydrogen-bond donors (Lipinski definition) is 2. The summed E-state index contributed by atoms with van der Waals surface area (Å²) in [6.07, 6.45) is 1.49. The van der Waals surface area contributed by atoms with Crippen LogP contribution in [0.3, 0.4) is 0 Å². The Hall–Kier alpha value is -1.70. The molecule has 1 unspecified atom stereocenters. The highest BCUT2D eigenvalue weighted by Gasteiger charge is 2.20. The molecule has 0 saturated carbocycles. The van der Waals surface area contributed by atoms with E-state index in [2.05, 4.69) is 4.72 Å². The highest BCUT2D eigenvalue weighted by molar-refractivity contribution is 7.89. The second-order valence-corrected chi connectivity index (χ2v) is 6.40. The fraction of sp³-hybridized carbons (Fsp3) is 0.154. The van der Waals surface area contributed by atoms with Gasteiger partial charge in [0.15, 0.2) is 0 Å². The molecule has 0 bridgehead atoms. The van der Waals surface area contributed by atoms with Crippen molar-refractivity contribution in [2.24, 2.45) is 5.73 Å². The lowest BCUT2D eigenvalue weighted by atomic mass is 10.2. The number of furan rings is 1. The highest BCUT2D eigenvalue weighted by Crippen LogP contribution is 2.18. The van der Waals surface area contributed by atoms with Crippen molar-refractivity contribution in [2.75, 3.05) is 0 Å². The SMILES string of the molecule is CC(NS(=O)(=O)c1cccc(C(N)=S)c1)c1ccco1. The fourth-order valence-electron chi connectivity index (χ4n) is 1.71. The number of benzene rings is 1. The van der Waals surface area contributed by atoms with Crippen LogP contribution in [0.15, 0.2) is 52.0 Å². The zero-order valence-corrected chi connectivity index (χ0v) is 12.4. The third kappa shape index (κ3) is 3.24. The van der Waals surface area contributed by atoms with Crippen molar-refractivity contribution >= 4 is 27.2 Å². The van der Waals surface area contributed by atoms with E-state index < -0.39 is 16.1 Å². The number of nitrogens with one attached hydrogen (secondary N) is 1. The molecule has 20 heavy (non-hydrogen) atoms. The first-order valence-corrected chi connectivity index (χ1v) is 7.75. The zero-order chi connectivity index (χ0) is 14.8. The van der Waals surface area contributed by atoms with E-state index in [4.69, 9.17) is 22.4 Å². The van der Waals surface area contributed by atoms with Crippen LogP contribution in [-0.2, 0) is 10.0 Å². The summed E-state index contributed by atoms with van der Waals surface area (Å²) < 4.78 is 32.3. The van der Waals surface area contributed by atoms with E-state index in [0.717, 1.165) is 0 Å². The van der Waals surface area contributed by atoms with E-state index in [9.17, 15) is 8.42 Å². The van der Waals surface area contributed by atoms with Crippen molar-refractivity contribution in [2.45, 2.75) is 17.9 Å². The number of thiocarbonyl (C=S) groups is 1. The Balaban J connectivity index is 2.26. The summed E-state index contributed by atoms with van der Waals surface area (Å²) in [7, 11) is -3.67. The van der Waals surface area contributed by atoms with Gasteiger partial charge in [-0.15, -0.1) is 0 Å². The first-order chi connectivity index (χ1) is 9.40. The minimum atomic E-state index is -3.67. The van der Waals surface area contributed by atoms with Gasteiger partial charge in [0.1, 0.15) is 10.7 Å². The van der Waals surface area contributed by atoms with Gasteiger partial charge in [-0.3, -0.25) is 0 Å². The topological polar surface area (TPSA) is 85.3 Å². The summed E-state index contributed by atoms with van der Waals surface area (Å²) in [5.41, 5.74) is 6.01. The van der Waals surface area contributed by atoms with E-state index in [1.165, 1.54) is 18.4 Å². The second-order valence-electron chi connectivity index (χ2n) is 4.25. The van der Waals surface area contributed by atoms with Crippen molar-refractivity contribution in [1.29, 1.82) is 0 Å². The van der Waals surface area contributed by atoms with Gasteiger partial charge in [0.05, 0.1) is 17.2 Å². The van der Waals surface area contributed by atoms with E-state index in [-0.39, 0.29) is 9.88 Å². The minimum Gasteiger partial charge on any atom is -0.468 e. The Morgan fingerprint density at radius 1 is 1.35 bits per heavy atom. The quantitative estimate of drug-likeness (QED) is 0.825. The Kier molecular flexibility index (Phi) is 4.22. The van der Waals surface area contributed by atoms with Gasteiger partial charge in [0, 0.05) is 5.56 Å². The van der Waals surface area contributed by atoms with Crippen LogP contribution in [0.4, 0.5) is 0 Å². The van der Waals surface area contributed by atoms with Gasteiger partial charge in [0.25, 0.3) is 0 Å². The summed E-state index contributed by atoms with van der Waals surface area (Å²) in [5.74, 6) is 0.541. The maximum absolute atomic E-state index is 12.3. The van der Waals surface area contributed by atoms with E-state index in [0.29, 0.717) is 11.3 Å². The van der Waals surface area contributed by atoms with Crippen molar-refractivity contribution < 1.29 is 12.8 Å². The molecule has 0 fully saturated rings. The third-order valence-corrected chi connectivity index (χ3v) is 4.50. The van der Waals surface area contributed by atoms with Crippen LogP contribution in [0, 0.1) is 0 Å². The van der Waals surface area contributed by atoms with Gasteiger partial charge in [-0.1, -0.05) is 24.4 Å². The van der Waals surface area contributed by atoms with Gasteiger partial charge in [0.2, 0.25) is 10.0 Å². The summed E-state index contributed by atoms with van der Waals surface area (Å²) in [6, 6.07) is 9.13. The molecule has 2 rings (SSSR count). The van der Waals surface area contributed by atoms with Gasteiger partial charge >= 0.3 is 0 Å². The molecule has 0 spiro atoms. The summed E-state index contributed by atoms with van der Waals surface area (Å²) in [5, 5.41) is 0. The largest absolute Gasteiger partial charge is 0.468 e. The van der Waals surface area contributed by atoms with Crippen molar-refractivity contribution in [1.82, 2.24) is 4.72 Å². The van der Waals surface area contributed by atoms with Crippen LogP contribution < -0.4 is 10.5 Å². The summed E-state index contributed by atoms with van der Waals surface area (Å²) in [4.78, 5) is 0.266. The summed E-state index contributed by atoms with van der Waals surface area (Å²) in [6.45, 7) is 1.70. The normalized spacial score (nSPS) is 13.1. The predicted octanol–water partition coefficient (Wildman–Crippen LogP) is 1.95. The number of rotatable bonds is 5. The molecule has 1 atom stereocenters. The molecule has 0 aliphatic rings. The number of hydrogen-bond acceptors (Lipinski definition) is 4. The molecule has 106 valence electrons. The van der Waals surface area contributed by atoms with Gasteiger partial charge in [-0.2, -0.15) is 0 Å². The van der Waals surface area contributed by atoms with E-state index in [1.807, 2.05) is 0 Å². The molecule has 0 saturated heterocycles. The molecule has 1 heterocycles. The average Bonchev–Trinajstić information content (AvgIpc) is 2.92. The Bertz CT molecular complexity index is 709. The van der Waals surface area contributed by atoms with Crippen LogP contribution >= 0.6 is 12.2 Å². The molecule has 0 aliphatic heterocycles. The molecule has 2 aromatic rings. The molecule has 1 aromatic carbocycles. The van der Waals surface area contributed by atoms with Crippen molar-refractivity contribution in [3.8, 4) is 0 Å². The average molecular weight is 310 g/mol. The first-order valence-electron chi connectivity index (χ1n) is 5.86. The van der Waals surface area contributed by atoms with E-state index >= 15 is 0 Å². The van der Waals surface area contributed by atoms with Crippen LogP contribution in [0.5, 0.6) is 0 Å². The molecular formula is C13H14N2O3S2. The molecule has 5 nitrogen and oxygen atoms in total. The Labute approximate surface area is 122 Å². The molecular weight excluding hydrogens is 296 g/mol. The van der Waals surface area contributed by atoms with E-state index in [1.54, 1.807) is 31.2 Å². The third-order valence-electron chi connectivity index (χ3n) is 2.73. The lowest BCUT2D eigenvalue weighted by molar-refractivity contribution is 0.459. The fourth-order valence-corrected chi connectivity index (χ4v) is 3.10. The van der Waals surface area contributed by atoms with Gasteiger partial charge < -0.3 is 10.2 Å². The first kappa shape index (κ1) is 14.7. The van der Waals surface area contributed by atoms with Crippen LogP contribution in [-0.4, -0.2) is 13.4 Å². The lowest BCUT2D eigenvalue weighted by Crippen LogP contribution is -2.27. The second kappa shape index (κ2) is 5.74. The van der Waals surface area contributed by atoms with Crippen LogP contribution in [0.25, 0.3) is 0 Å². The molecule has 0 aliphatic carbocycles. The van der Waals surface area contributed by atoms with Crippen LogP contribution in [0.2, 0.25) is 0 Å². The van der Waals surface area contributed by atoms with Crippen molar-refractivity contribution in [3.05, 3.63) is 54.0 Å². The van der Waals surface area contributed by atoms with Crippen LogP contribution in [0.1, 0.15) is 24.3 Å². The van der Waals surface area contributed by atoms with Crippen molar-refractivity contribution in [3.63, 3.8) is 0 Å². The number of nitrogens with two attached hydrogens (primary N) is 1. The van der Waals surface area contributed by atoms with Gasteiger partial charge in [-0.05, 0) is 31.2 Å². The maximum atomic E-state index is 12.3. The number of sulfonamides is 1.